The molecular weight excluding hydrogens is 152 g/mol. The second-order valence-electron chi connectivity index (χ2n) is 3.74. The molecule has 2 heteroatoms. The molecule has 0 aromatic heterocycles. The van der Waals surface area contributed by atoms with Crippen LogP contribution in [0.4, 0.5) is 0 Å². The third kappa shape index (κ3) is 5.96. The molecule has 0 amide bonds. The highest BCUT2D eigenvalue weighted by molar-refractivity contribution is 5.20. The van der Waals surface area contributed by atoms with E-state index in [4.69, 9.17) is 0 Å². The minimum Gasteiger partial charge on any atom is -0.390 e. The Hall–Kier alpha value is -0.780. The Morgan fingerprint density at radius 1 is 1.33 bits per heavy atom. The summed E-state index contributed by atoms with van der Waals surface area (Å²) in [7, 11) is 0. The molecule has 0 fully saturated rings. The van der Waals surface area contributed by atoms with Crippen molar-refractivity contribution in [3.05, 3.63) is 12.7 Å². The number of rotatable bonds is 2. The molecule has 68 valence electrons. The van der Waals surface area contributed by atoms with Crippen molar-refractivity contribution in [2.75, 3.05) is 0 Å². The summed E-state index contributed by atoms with van der Waals surface area (Å²) < 4.78 is 0. The summed E-state index contributed by atoms with van der Waals surface area (Å²) in [5.74, 6) is 5.16. The lowest BCUT2D eigenvalue weighted by Gasteiger charge is -2.25. The van der Waals surface area contributed by atoms with Gasteiger partial charge in [0.1, 0.15) is 5.60 Å². The van der Waals surface area contributed by atoms with Crippen LogP contribution in [0, 0.1) is 11.8 Å². The lowest BCUT2D eigenvalue weighted by atomic mass is 9.91. The Kier molecular flexibility index (Phi) is 3.51. The van der Waals surface area contributed by atoms with E-state index < -0.39 is 11.2 Å². The predicted octanol–water partition coefficient (Wildman–Crippen LogP) is 1.09. The van der Waals surface area contributed by atoms with Crippen molar-refractivity contribution < 1.29 is 10.2 Å². The second-order valence-corrected chi connectivity index (χ2v) is 3.74. The first-order valence-corrected chi connectivity index (χ1v) is 3.85. The van der Waals surface area contributed by atoms with E-state index in [0.29, 0.717) is 0 Å². The highest BCUT2D eigenvalue weighted by atomic mass is 16.3. The van der Waals surface area contributed by atoms with Crippen molar-refractivity contribution in [1.82, 2.24) is 0 Å². The molecule has 0 aliphatic carbocycles. The van der Waals surface area contributed by atoms with Crippen molar-refractivity contribution in [2.24, 2.45) is 0 Å². The molecule has 0 heterocycles. The van der Waals surface area contributed by atoms with Gasteiger partial charge < -0.3 is 10.2 Å². The Morgan fingerprint density at radius 3 is 2.17 bits per heavy atom. The molecule has 0 bridgehead atoms. The Morgan fingerprint density at radius 2 is 1.83 bits per heavy atom. The van der Waals surface area contributed by atoms with Gasteiger partial charge in [-0.15, -0.1) is 0 Å². The van der Waals surface area contributed by atoms with E-state index >= 15 is 0 Å². The quantitative estimate of drug-likeness (QED) is 0.606. The molecule has 0 rings (SSSR count). The van der Waals surface area contributed by atoms with E-state index in [1.54, 1.807) is 20.8 Å². The second kappa shape index (κ2) is 3.75. The summed E-state index contributed by atoms with van der Waals surface area (Å²) >= 11 is 0. The van der Waals surface area contributed by atoms with Crippen LogP contribution in [0.2, 0.25) is 0 Å². The lowest BCUT2D eigenvalue weighted by molar-refractivity contribution is -0.00417. The number of aliphatic hydroxyl groups is 2. The zero-order valence-corrected chi connectivity index (χ0v) is 7.89. The SMILES string of the molecule is C=CC#CC(C)(O)CC(C)(C)O. The van der Waals surface area contributed by atoms with Crippen LogP contribution in [0.3, 0.4) is 0 Å². The fraction of sp³-hybridized carbons (Fsp3) is 0.600. The number of hydrogen-bond donors (Lipinski definition) is 2. The van der Waals surface area contributed by atoms with Crippen molar-refractivity contribution in [2.45, 2.75) is 38.4 Å². The van der Waals surface area contributed by atoms with Gasteiger partial charge in [0.25, 0.3) is 0 Å². The molecular formula is C10H16O2. The average molecular weight is 168 g/mol. The maximum atomic E-state index is 9.60. The van der Waals surface area contributed by atoms with E-state index in [-0.39, 0.29) is 6.42 Å². The molecule has 1 atom stereocenters. The van der Waals surface area contributed by atoms with Crippen LogP contribution < -0.4 is 0 Å². The standard InChI is InChI=1S/C10H16O2/c1-5-6-7-10(4,12)8-9(2,3)11/h5,11-12H,1,8H2,2-4H3. The maximum absolute atomic E-state index is 9.60. The van der Waals surface area contributed by atoms with Gasteiger partial charge in [-0.2, -0.15) is 0 Å². The summed E-state index contributed by atoms with van der Waals surface area (Å²) in [6.45, 7) is 8.26. The van der Waals surface area contributed by atoms with E-state index in [1.165, 1.54) is 6.08 Å². The van der Waals surface area contributed by atoms with Crippen molar-refractivity contribution >= 4 is 0 Å². The average Bonchev–Trinajstić information content (AvgIpc) is 1.78. The van der Waals surface area contributed by atoms with Crippen LogP contribution in [0.1, 0.15) is 27.2 Å². The Labute approximate surface area is 73.9 Å². The smallest absolute Gasteiger partial charge is 0.125 e. The van der Waals surface area contributed by atoms with Crippen LogP contribution in [-0.4, -0.2) is 21.4 Å². The summed E-state index contributed by atoms with van der Waals surface area (Å²) in [6.07, 6.45) is 1.64. The molecule has 0 aromatic rings. The van der Waals surface area contributed by atoms with Crippen molar-refractivity contribution in [1.29, 1.82) is 0 Å². The van der Waals surface area contributed by atoms with Crippen LogP contribution >= 0.6 is 0 Å². The molecule has 12 heavy (non-hydrogen) atoms. The summed E-state index contributed by atoms with van der Waals surface area (Å²) in [5, 5.41) is 19.0. The van der Waals surface area contributed by atoms with Crippen molar-refractivity contribution in [3.8, 4) is 11.8 Å². The first kappa shape index (κ1) is 11.2. The lowest BCUT2D eigenvalue weighted by Crippen LogP contribution is -2.33. The number of allylic oxidation sites excluding steroid dienone is 1. The van der Waals surface area contributed by atoms with Crippen LogP contribution in [0.5, 0.6) is 0 Å². The van der Waals surface area contributed by atoms with E-state index in [1.807, 2.05) is 0 Å². The third-order valence-corrected chi connectivity index (χ3v) is 1.22. The van der Waals surface area contributed by atoms with Gasteiger partial charge in [0.15, 0.2) is 0 Å². The zero-order chi connectivity index (χ0) is 9.83. The van der Waals surface area contributed by atoms with Crippen LogP contribution in [0.15, 0.2) is 12.7 Å². The first-order chi connectivity index (χ1) is 5.27. The molecule has 0 aliphatic rings. The van der Waals surface area contributed by atoms with Gasteiger partial charge in [-0.05, 0) is 26.8 Å². The zero-order valence-electron chi connectivity index (χ0n) is 7.89. The molecule has 0 radical (unpaired) electrons. The molecule has 0 saturated heterocycles. The Bertz CT molecular complexity index is 210. The van der Waals surface area contributed by atoms with Crippen LogP contribution in [0.25, 0.3) is 0 Å². The first-order valence-electron chi connectivity index (χ1n) is 3.85. The van der Waals surface area contributed by atoms with Gasteiger partial charge in [0.2, 0.25) is 0 Å². The van der Waals surface area contributed by atoms with Gasteiger partial charge >= 0.3 is 0 Å². The Balaban J connectivity index is 4.32. The van der Waals surface area contributed by atoms with E-state index in [0.717, 1.165) is 0 Å². The van der Waals surface area contributed by atoms with Gasteiger partial charge in [0, 0.05) is 6.42 Å². The fourth-order valence-electron chi connectivity index (χ4n) is 1.09. The minimum atomic E-state index is -1.15. The highest BCUT2D eigenvalue weighted by Gasteiger charge is 2.26. The predicted molar refractivity (Wildman–Crippen MR) is 49.5 cm³/mol. The fourth-order valence-corrected chi connectivity index (χ4v) is 1.09. The monoisotopic (exact) mass is 168 g/mol. The molecule has 0 spiro atoms. The summed E-state index contributed by atoms with van der Waals surface area (Å²) in [4.78, 5) is 0. The van der Waals surface area contributed by atoms with Gasteiger partial charge in [-0.3, -0.25) is 0 Å². The maximum Gasteiger partial charge on any atom is 0.125 e. The van der Waals surface area contributed by atoms with Gasteiger partial charge in [-0.25, -0.2) is 0 Å². The molecule has 2 nitrogen and oxygen atoms in total. The van der Waals surface area contributed by atoms with Crippen molar-refractivity contribution in [3.63, 3.8) is 0 Å². The van der Waals surface area contributed by atoms with Gasteiger partial charge in [0.05, 0.1) is 5.60 Å². The van der Waals surface area contributed by atoms with Gasteiger partial charge in [-0.1, -0.05) is 18.4 Å². The number of hydrogen-bond acceptors (Lipinski definition) is 2. The minimum absolute atomic E-state index is 0.223. The highest BCUT2D eigenvalue weighted by Crippen LogP contribution is 2.18. The van der Waals surface area contributed by atoms with E-state index in [2.05, 4.69) is 18.4 Å². The molecule has 0 saturated carbocycles. The normalized spacial score (nSPS) is 15.8. The largest absolute Gasteiger partial charge is 0.390 e. The topological polar surface area (TPSA) is 40.5 Å². The summed E-state index contributed by atoms with van der Waals surface area (Å²) in [6, 6.07) is 0. The third-order valence-electron chi connectivity index (χ3n) is 1.22. The summed E-state index contributed by atoms with van der Waals surface area (Å²) in [5.41, 5.74) is -2.05. The molecule has 1 unspecified atom stereocenters. The van der Waals surface area contributed by atoms with E-state index in [9.17, 15) is 10.2 Å². The molecule has 0 aromatic carbocycles. The molecule has 2 N–H and O–H groups in total. The molecule has 0 aliphatic heterocycles. The van der Waals surface area contributed by atoms with Crippen LogP contribution in [-0.2, 0) is 0 Å².